The van der Waals surface area contributed by atoms with E-state index in [1.807, 2.05) is 23.7 Å². The molecule has 2 heterocycles. The van der Waals surface area contributed by atoms with Crippen LogP contribution in [0.4, 0.5) is 0 Å². The van der Waals surface area contributed by atoms with Gasteiger partial charge in [0.2, 0.25) is 5.78 Å². The Bertz CT molecular complexity index is 357. The van der Waals surface area contributed by atoms with Crippen LogP contribution in [0.1, 0.15) is 5.56 Å². The minimum absolute atomic E-state index is 0.725. The second-order valence-electron chi connectivity index (χ2n) is 2.35. The Morgan fingerprint density at radius 1 is 1.55 bits per heavy atom. The monoisotopic (exact) mass is 211 g/mol. The second kappa shape index (κ2) is 2.30. The molecule has 0 aliphatic heterocycles. The standard InChI is InChI=1S/C7H6BrN3/c1-5-4-11-3-2-9-7(11)10-6(5)8/h2-4H,1H3. The summed E-state index contributed by atoms with van der Waals surface area (Å²) in [5.41, 5.74) is 1.11. The molecule has 0 saturated heterocycles. The number of nitrogens with zero attached hydrogens (tertiary/aromatic N) is 3. The van der Waals surface area contributed by atoms with Crippen LogP contribution in [0, 0.1) is 6.92 Å². The summed E-state index contributed by atoms with van der Waals surface area (Å²) in [6.45, 7) is 2.00. The number of aromatic nitrogens is 3. The van der Waals surface area contributed by atoms with Crippen molar-refractivity contribution in [2.75, 3.05) is 0 Å². The first-order valence-electron chi connectivity index (χ1n) is 3.23. The largest absolute Gasteiger partial charge is 0.291 e. The lowest BCUT2D eigenvalue weighted by molar-refractivity contribution is 1.06. The molecule has 0 aliphatic carbocycles. The lowest BCUT2D eigenvalue weighted by Gasteiger charge is -1.96. The molecule has 11 heavy (non-hydrogen) atoms. The third-order valence-corrected chi connectivity index (χ3v) is 2.31. The van der Waals surface area contributed by atoms with Crippen molar-refractivity contribution in [1.82, 2.24) is 14.4 Å². The molecule has 2 rings (SSSR count). The van der Waals surface area contributed by atoms with Crippen LogP contribution in [0.3, 0.4) is 0 Å². The molecule has 0 atom stereocenters. The summed E-state index contributed by atoms with van der Waals surface area (Å²) in [5.74, 6) is 0.725. The van der Waals surface area contributed by atoms with Gasteiger partial charge in [-0.2, -0.15) is 0 Å². The quantitative estimate of drug-likeness (QED) is 0.623. The first kappa shape index (κ1) is 6.79. The molecule has 0 bridgehead atoms. The predicted molar refractivity (Wildman–Crippen MR) is 45.4 cm³/mol. The third-order valence-electron chi connectivity index (χ3n) is 1.50. The van der Waals surface area contributed by atoms with E-state index < -0.39 is 0 Å². The number of aryl methyl sites for hydroxylation is 1. The van der Waals surface area contributed by atoms with E-state index in [2.05, 4.69) is 25.9 Å². The lowest BCUT2D eigenvalue weighted by Crippen LogP contribution is -1.90. The number of hydrogen-bond acceptors (Lipinski definition) is 2. The van der Waals surface area contributed by atoms with Crippen LogP contribution >= 0.6 is 15.9 Å². The molecule has 0 fully saturated rings. The van der Waals surface area contributed by atoms with Crippen LogP contribution in [0.25, 0.3) is 5.78 Å². The van der Waals surface area contributed by atoms with Crippen molar-refractivity contribution in [2.45, 2.75) is 6.92 Å². The molecule has 0 amide bonds. The number of rotatable bonds is 0. The van der Waals surface area contributed by atoms with Gasteiger partial charge in [0, 0.05) is 18.6 Å². The maximum absolute atomic E-state index is 4.20. The Labute approximate surface area is 72.2 Å². The molecule has 0 saturated carbocycles. The highest BCUT2D eigenvalue weighted by Gasteiger charge is 1.99. The molecule has 0 aromatic carbocycles. The minimum atomic E-state index is 0.725. The van der Waals surface area contributed by atoms with E-state index in [1.54, 1.807) is 6.20 Å². The molecular weight excluding hydrogens is 206 g/mol. The van der Waals surface area contributed by atoms with Gasteiger partial charge in [0.05, 0.1) is 0 Å². The van der Waals surface area contributed by atoms with Crippen molar-refractivity contribution in [3.05, 3.63) is 28.8 Å². The molecule has 0 N–H and O–H groups in total. The predicted octanol–water partition coefficient (Wildman–Crippen LogP) is 1.80. The molecule has 2 aromatic rings. The van der Waals surface area contributed by atoms with Crippen molar-refractivity contribution in [1.29, 1.82) is 0 Å². The Morgan fingerprint density at radius 2 is 2.36 bits per heavy atom. The van der Waals surface area contributed by atoms with E-state index in [9.17, 15) is 0 Å². The zero-order valence-electron chi connectivity index (χ0n) is 5.95. The highest BCUT2D eigenvalue weighted by Crippen LogP contribution is 2.12. The van der Waals surface area contributed by atoms with Gasteiger partial charge in [-0.25, -0.2) is 9.97 Å². The summed E-state index contributed by atoms with van der Waals surface area (Å²) in [4.78, 5) is 8.25. The Morgan fingerprint density at radius 3 is 3.18 bits per heavy atom. The fraction of sp³-hybridized carbons (Fsp3) is 0.143. The summed E-state index contributed by atoms with van der Waals surface area (Å²) < 4.78 is 2.75. The van der Waals surface area contributed by atoms with Crippen molar-refractivity contribution in [3.8, 4) is 0 Å². The third kappa shape index (κ3) is 1.03. The molecule has 56 valence electrons. The van der Waals surface area contributed by atoms with Crippen LogP contribution in [0.5, 0.6) is 0 Å². The van der Waals surface area contributed by atoms with Gasteiger partial charge >= 0.3 is 0 Å². The highest BCUT2D eigenvalue weighted by atomic mass is 79.9. The molecule has 2 aromatic heterocycles. The van der Waals surface area contributed by atoms with E-state index in [1.165, 1.54) is 0 Å². The van der Waals surface area contributed by atoms with Gasteiger partial charge < -0.3 is 0 Å². The van der Waals surface area contributed by atoms with E-state index in [0.717, 1.165) is 15.9 Å². The van der Waals surface area contributed by atoms with Gasteiger partial charge in [0.1, 0.15) is 4.60 Å². The maximum Gasteiger partial charge on any atom is 0.234 e. The average molecular weight is 212 g/mol. The van der Waals surface area contributed by atoms with Gasteiger partial charge in [0.15, 0.2) is 0 Å². The van der Waals surface area contributed by atoms with Gasteiger partial charge in [-0.3, -0.25) is 4.40 Å². The molecule has 4 heteroatoms. The van der Waals surface area contributed by atoms with E-state index in [4.69, 9.17) is 0 Å². The van der Waals surface area contributed by atoms with E-state index in [0.29, 0.717) is 0 Å². The van der Waals surface area contributed by atoms with Crippen molar-refractivity contribution in [2.24, 2.45) is 0 Å². The number of hydrogen-bond donors (Lipinski definition) is 0. The lowest BCUT2D eigenvalue weighted by atomic mass is 10.4. The SMILES string of the molecule is Cc1cn2ccnc2nc1Br. The van der Waals surface area contributed by atoms with E-state index in [-0.39, 0.29) is 0 Å². The zero-order valence-corrected chi connectivity index (χ0v) is 7.54. The zero-order chi connectivity index (χ0) is 7.84. The number of imidazole rings is 1. The molecule has 0 aliphatic rings. The van der Waals surface area contributed by atoms with Crippen molar-refractivity contribution >= 4 is 21.7 Å². The molecule has 3 nitrogen and oxygen atoms in total. The highest BCUT2D eigenvalue weighted by molar-refractivity contribution is 9.10. The number of halogens is 1. The van der Waals surface area contributed by atoms with Crippen molar-refractivity contribution in [3.63, 3.8) is 0 Å². The molecule has 0 unspecified atom stereocenters. The van der Waals surface area contributed by atoms with Gasteiger partial charge in [-0.15, -0.1) is 0 Å². The fourth-order valence-corrected chi connectivity index (χ4v) is 1.19. The maximum atomic E-state index is 4.20. The summed E-state index contributed by atoms with van der Waals surface area (Å²) in [7, 11) is 0. The summed E-state index contributed by atoms with van der Waals surface area (Å²) >= 11 is 3.34. The fourth-order valence-electron chi connectivity index (χ4n) is 0.930. The molecule has 0 spiro atoms. The van der Waals surface area contributed by atoms with Gasteiger partial charge in [0.25, 0.3) is 0 Å². The van der Waals surface area contributed by atoms with Crippen molar-refractivity contribution < 1.29 is 0 Å². The second-order valence-corrected chi connectivity index (χ2v) is 3.10. The Hall–Kier alpha value is -0.900. The topological polar surface area (TPSA) is 30.2 Å². The summed E-state index contributed by atoms with van der Waals surface area (Å²) in [6, 6.07) is 0. The molecule has 0 radical (unpaired) electrons. The van der Waals surface area contributed by atoms with Gasteiger partial charge in [-0.05, 0) is 28.4 Å². The normalized spacial score (nSPS) is 10.7. The smallest absolute Gasteiger partial charge is 0.234 e. The van der Waals surface area contributed by atoms with Crippen LogP contribution < -0.4 is 0 Å². The van der Waals surface area contributed by atoms with Crippen LogP contribution in [0.15, 0.2) is 23.2 Å². The van der Waals surface area contributed by atoms with Crippen LogP contribution in [-0.2, 0) is 0 Å². The van der Waals surface area contributed by atoms with Crippen LogP contribution in [-0.4, -0.2) is 14.4 Å². The van der Waals surface area contributed by atoms with E-state index >= 15 is 0 Å². The number of fused-ring (bicyclic) bond motifs is 1. The molecular formula is C7H6BrN3. The van der Waals surface area contributed by atoms with Gasteiger partial charge in [-0.1, -0.05) is 0 Å². The summed E-state index contributed by atoms with van der Waals surface area (Å²) in [5, 5.41) is 0. The van der Waals surface area contributed by atoms with Crippen LogP contribution in [0.2, 0.25) is 0 Å². The first-order valence-corrected chi connectivity index (χ1v) is 4.02. The Kier molecular flexibility index (Phi) is 1.42. The Balaban J connectivity index is 2.86. The minimum Gasteiger partial charge on any atom is -0.291 e. The first-order chi connectivity index (χ1) is 5.27. The summed E-state index contributed by atoms with van der Waals surface area (Å²) in [6.07, 6.45) is 5.59. The average Bonchev–Trinajstić information content (AvgIpc) is 2.36.